The number of nitrogens with zero attached hydrogens (tertiary/aromatic N) is 1. The Hall–Kier alpha value is -2.30. The summed E-state index contributed by atoms with van der Waals surface area (Å²) in [6, 6.07) is 14.8. The van der Waals surface area contributed by atoms with Crippen LogP contribution in [0.4, 0.5) is 0 Å². The Morgan fingerprint density at radius 1 is 0.800 bits per heavy atom. The Morgan fingerprint density at radius 3 is 1.63 bits per heavy atom. The summed E-state index contributed by atoms with van der Waals surface area (Å²) in [5, 5.41) is 3.96. The molecule has 2 aromatic carbocycles. The van der Waals surface area contributed by atoms with Crippen LogP contribution < -0.4 is 5.32 Å². The molecule has 0 aromatic heterocycles. The topological polar surface area (TPSA) is 86.3 Å². The quantitative estimate of drug-likeness (QED) is 0.448. The maximum absolute atomic E-state index is 11.3. The molecule has 2 saturated heterocycles. The molecule has 2 aromatic rings. The van der Waals surface area contributed by atoms with E-state index in [0.29, 0.717) is 11.1 Å². The lowest BCUT2D eigenvalue weighted by Crippen LogP contribution is -2.35. The molecule has 2 aliphatic rings. The lowest BCUT2D eigenvalue weighted by atomic mass is 10.1. The van der Waals surface area contributed by atoms with Crippen molar-refractivity contribution in [3.63, 3.8) is 0 Å². The Labute approximate surface area is 216 Å². The van der Waals surface area contributed by atoms with Gasteiger partial charge in [0.15, 0.2) is 0 Å². The number of esters is 2. The van der Waals surface area contributed by atoms with Crippen molar-refractivity contribution in [1.82, 2.24) is 10.2 Å². The number of benzene rings is 2. The largest absolute Gasteiger partial charge is 0.465 e. The molecule has 4 rings (SSSR count). The van der Waals surface area contributed by atoms with Crippen molar-refractivity contribution < 1.29 is 28.5 Å². The van der Waals surface area contributed by atoms with E-state index < -0.39 is 0 Å². The third kappa shape index (κ3) is 11.3. The molecule has 2 aliphatic heterocycles. The fourth-order valence-corrected chi connectivity index (χ4v) is 3.62. The summed E-state index contributed by atoms with van der Waals surface area (Å²) in [6.45, 7) is 8.29. The van der Waals surface area contributed by atoms with Gasteiger partial charge in [-0.1, -0.05) is 40.2 Å². The van der Waals surface area contributed by atoms with Crippen molar-refractivity contribution in [1.29, 1.82) is 0 Å². The van der Waals surface area contributed by atoms with Crippen LogP contribution >= 0.6 is 15.9 Å². The molecule has 2 fully saturated rings. The van der Waals surface area contributed by atoms with Crippen LogP contribution in [-0.4, -0.2) is 83.7 Å². The molecule has 0 bridgehead atoms. The van der Waals surface area contributed by atoms with Crippen LogP contribution in [0.3, 0.4) is 0 Å². The molecule has 9 heteroatoms. The van der Waals surface area contributed by atoms with Gasteiger partial charge in [-0.25, -0.2) is 9.59 Å². The molecule has 1 N–H and O–H groups in total. The molecule has 0 spiro atoms. The highest BCUT2D eigenvalue weighted by molar-refractivity contribution is 9.08. The zero-order valence-electron chi connectivity index (χ0n) is 20.5. The zero-order valence-corrected chi connectivity index (χ0v) is 22.1. The third-order valence-corrected chi connectivity index (χ3v) is 5.91. The number of morpholine rings is 2. The number of hydrogen-bond acceptors (Lipinski definition) is 8. The number of rotatable bonds is 5. The summed E-state index contributed by atoms with van der Waals surface area (Å²) in [7, 11) is 2.77. The van der Waals surface area contributed by atoms with Crippen LogP contribution in [0.1, 0.15) is 31.8 Å². The molecule has 35 heavy (non-hydrogen) atoms. The van der Waals surface area contributed by atoms with Crippen LogP contribution in [0.15, 0.2) is 48.5 Å². The summed E-state index contributed by atoms with van der Waals surface area (Å²) >= 11 is 3.32. The molecule has 2 heterocycles. The van der Waals surface area contributed by atoms with Gasteiger partial charge in [0.25, 0.3) is 0 Å². The first-order valence-electron chi connectivity index (χ1n) is 11.6. The van der Waals surface area contributed by atoms with Crippen molar-refractivity contribution in [2.75, 3.05) is 66.8 Å². The van der Waals surface area contributed by atoms with E-state index in [2.05, 4.69) is 35.6 Å². The molecular weight excluding hydrogens is 516 g/mol. The fourth-order valence-electron chi connectivity index (χ4n) is 3.25. The van der Waals surface area contributed by atoms with Gasteiger partial charge >= 0.3 is 11.9 Å². The van der Waals surface area contributed by atoms with Crippen molar-refractivity contribution in [3.05, 3.63) is 70.8 Å². The van der Waals surface area contributed by atoms with Crippen molar-refractivity contribution in [3.8, 4) is 0 Å². The molecule has 0 unspecified atom stereocenters. The number of alkyl halides is 1. The van der Waals surface area contributed by atoms with Gasteiger partial charge in [-0.15, -0.1) is 0 Å². The zero-order chi connectivity index (χ0) is 25.3. The van der Waals surface area contributed by atoms with Gasteiger partial charge in [0, 0.05) is 38.1 Å². The summed E-state index contributed by atoms with van der Waals surface area (Å²) in [4.78, 5) is 24.6. The van der Waals surface area contributed by atoms with Gasteiger partial charge < -0.3 is 24.3 Å². The summed E-state index contributed by atoms with van der Waals surface area (Å²) in [6.07, 6.45) is 0. The highest BCUT2D eigenvalue weighted by Crippen LogP contribution is 2.10. The Kier molecular flexibility index (Phi) is 14.2. The summed E-state index contributed by atoms with van der Waals surface area (Å²) in [5.41, 5.74) is 3.53. The van der Waals surface area contributed by atoms with E-state index in [-0.39, 0.29) is 11.9 Å². The Balaban J connectivity index is 0.000000207. The maximum atomic E-state index is 11.3. The molecule has 0 aliphatic carbocycles. The third-order valence-electron chi connectivity index (χ3n) is 5.26. The van der Waals surface area contributed by atoms with Gasteiger partial charge in [0.2, 0.25) is 0 Å². The highest BCUT2D eigenvalue weighted by atomic mass is 79.9. The minimum Gasteiger partial charge on any atom is -0.465 e. The predicted octanol–water partition coefficient (Wildman–Crippen LogP) is 3.28. The van der Waals surface area contributed by atoms with E-state index >= 15 is 0 Å². The smallest absolute Gasteiger partial charge is 0.337 e. The van der Waals surface area contributed by atoms with Gasteiger partial charge in [-0.2, -0.15) is 0 Å². The molecule has 0 saturated carbocycles. The lowest BCUT2D eigenvalue weighted by Gasteiger charge is -2.26. The van der Waals surface area contributed by atoms with Crippen molar-refractivity contribution >= 4 is 27.9 Å². The molecule has 8 nitrogen and oxygen atoms in total. The number of methoxy groups -OCH3 is 2. The SMILES string of the molecule is C1COCCN1.COC(=O)c1ccc(CBr)cc1.COC(=O)c1ccc(CN2CCOCC2)cc1. The van der Waals surface area contributed by atoms with E-state index in [1.165, 1.54) is 19.8 Å². The second-order valence-corrected chi connectivity index (χ2v) is 8.32. The minimum atomic E-state index is -0.295. The standard InChI is InChI=1S/C13H17NO3.C9H9BrO2.C4H9NO/c1-16-13(15)12-4-2-11(3-5-12)10-14-6-8-17-9-7-14;1-12-9(11)8-4-2-7(6-10)3-5-8;1-3-6-4-2-5-1/h2-5H,6-10H2,1H3;2-5H,6H2,1H3;5H,1-4H2. The van der Waals surface area contributed by atoms with E-state index in [9.17, 15) is 9.59 Å². The van der Waals surface area contributed by atoms with Gasteiger partial charge in [-0.3, -0.25) is 4.90 Å². The fraction of sp³-hybridized carbons (Fsp3) is 0.462. The molecule has 0 radical (unpaired) electrons. The second kappa shape index (κ2) is 17.2. The normalized spacial score (nSPS) is 15.5. The average Bonchev–Trinajstić information content (AvgIpc) is 2.95. The van der Waals surface area contributed by atoms with E-state index in [0.717, 1.165) is 70.0 Å². The number of ether oxygens (including phenoxy) is 4. The first-order chi connectivity index (χ1) is 17.1. The number of carbonyl (C=O) groups is 2. The van der Waals surface area contributed by atoms with Crippen LogP contribution in [0, 0.1) is 0 Å². The van der Waals surface area contributed by atoms with Crippen LogP contribution in [0.5, 0.6) is 0 Å². The number of halogens is 1. The maximum Gasteiger partial charge on any atom is 0.337 e. The van der Waals surface area contributed by atoms with Crippen molar-refractivity contribution in [2.24, 2.45) is 0 Å². The van der Waals surface area contributed by atoms with E-state index in [4.69, 9.17) is 9.47 Å². The van der Waals surface area contributed by atoms with E-state index in [1.54, 1.807) is 12.1 Å². The van der Waals surface area contributed by atoms with Crippen molar-refractivity contribution in [2.45, 2.75) is 11.9 Å². The minimum absolute atomic E-state index is 0.289. The molecule has 192 valence electrons. The molecular formula is C26H35BrN2O6. The van der Waals surface area contributed by atoms with Gasteiger partial charge in [0.05, 0.1) is 51.8 Å². The van der Waals surface area contributed by atoms with Gasteiger partial charge in [-0.05, 0) is 35.4 Å². The number of hydrogen-bond donors (Lipinski definition) is 1. The Morgan fingerprint density at radius 2 is 1.26 bits per heavy atom. The monoisotopic (exact) mass is 550 g/mol. The van der Waals surface area contributed by atoms with Gasteiger partial charge in [0.1, 0.15) is 0 Å². The molecule has 0 atom stereocenters. The van der Waals surface area contributed by atoms with Crippen LogP contribution in [0.2, 0.25) is 0 Å². The average molecular weight is 551 g/mol. The number of carbonyl (C=O) groups excluding carboxylic acids is 2. The highest BCUT2D eigenvalue weighted by Gasteiger charge is 2.11. The second-order valence-electron chi connectivity index (χ2n) is 7.76. The van der Waals surface area contributed by atoms with Crippen LogP contribution in [-0.2, 0) is 30.8 Å². The molecule has 0 amide bonds. The first kappa shape index (κ1) is 28.9. The predicted molar refractivity (Wildman–Crippen MR) is 138 cm³/mol. The Bertz CT molecular complexity index is 855. The van der Waals surface area contributed by atoms with Crippen LogP contribution in [0.25, 0.3) is 0 Å². The summed E-state index contributed by atoms with van der Waals surface area (Å²) < 4.78 is 19.5. The summed E-state index contributed by atoms with van der Waals surface area (Å²) in [5.74, 6) is -0.584. The number of nitrogens with one attached hydrogen (secondary N) is 1. The first-order valence-corrected chi connectivity index (χ1v) is 12.7. The lowest BCUT2D eigenvalue weighted by molar-refractivity contribution is 0.0342. The van der Waals surface area contributed by atoms with E-state index in [1.807, 2.05) is 36.4 Å².